The molecule has 3 saturated carbocycles. The number of Topliss-reactive ketones (excluding diaryl/α,β-unsaturated/α-hetero) is 3. The monoisotopic (exact) mass is 679 g/mol. The van der Waals surface area contributed by atoms with Crippen molar-refractivity contribution in [1.29, 1.82) is 0 Å². The van der Waals surface area contributed by atoms with Gasteiger partial charge < -0.3 is 15.3 Å². The number of nitrogens with one attached hydrogen (secondary N) is 1. The average Bonchev–Trinajstić information content (AvgIpc) is 3.65. The lowest BCUT2D eigenvalue weighted by Gasteiger charge is -2.38. The van der Waals surface area contributed by atoms with Gasteiger partial charge in [0.2, 0.25) is 11.8 Å². The van der Waals surface area contributed by atoms with Crippen LogP contribution in [0, 0.1) is 40.9 Å². The van der Waals surface area contributed by atoms with Crippen LogP contribution in [0.1, 0.15) is 136 Å². The van der Waals surface area contributed by atoms with Crippen molar-refractivity contribution in [2.45, 2.75) is 142 Å². The summed E-state index contributed by atoms with van der Waals surface area (Å²) in [5.74, 6) is -3.56. The molecule has 1 aromatic heterocycles. The second kappa shape index (κ2) is 16.3. The van der Waals surface area contributed by atoms with E-state index in [1.807, 2.05) is 27.7 Å². The highest BCUT2D eigenvalue weighted by molar-refractivity contribution is 5.98. The third-order valence-corrected chi connectivity index (χ3v) is 11.6. The largest absolute Gasteiger partial charge is 0.385 e. The van der Waals surface area contributed by atoms with Gasteiger partial charge in [0.25, 0.3) is 0 Å². The molecule has 0 bridgehead atoms. The number of likely N-dealkylation sites (tertiary alicyclic amines) is 1. The first-order valence-electron chi connectivity index (χ1n) is 19.4. The maximum Gasteiger partial charge on any atom is 0.246 e. The fourth-order valence-corrected chi connectivity index (χ4v) is 8.68. The lowest BCUT2D eigenvalue weighted by molar-refractivity contribution is -0.145. The lowest BCUT2D eigenvalue weighted by Crippen LogP contribution is -2.58. The highest BCUT2D eigenvalue weighted by atomic mass is 16.3. The van der Waals surface area contributed by atoms with Gasteiger partial charge in [0.15, 0.2) is 17.3 Å². The number of hydrogen-bond acceptors (Lipinski definition) is 8. The highest BCUT2D eigenvalue weighted by Gasteiger charge is 2.52. The Balaban J connectivity index is 1.37. The van der Waals surface area contributed by atoms with Gasteiger partial charge in [-0.3, -0.25) is 29.0 Å². The van der Waals surface area contributed by atoms with E-state index >= 15 is 0 Å². The van der Waals surface area contributed by atoms with Crippen molar-refractivity contribution in [2.24, 2.45) is 40.9 Å². The average molecular weight is 680 g/mol. The van der Waals surface area contributed by atoms with E-state index in [-0.39, 0.29) is 84.2 Å². The van der Waals surface area contributed by atoms with Crippen molar-refractivity contribution in [2.75, 3.05) is 6.54 Å². The van der Waals surface area contributed by atoms with Crippen LogP contribution in [0.3, 0.4) is 0 Å². The fraction of sp³-hybridized carbons (Fsp3) is 0.769. The summed E-state index contributed by atoms with van der Waals surface area (Å²) in [6.45, 7) is 7.94. The third-order valence-electron chi connectivity index (χ3n) is 11.6. The molecule has 0 spiro atoms. The number of nitrogens with zero attached hydrogens (tertiary/aromatic N) is 3. The number of amides is 2. The first-order valence-corrected chi connectivity index (χ1v) is 18.9. The topological polar surface area (TPSA) is 147 Å². The molecule has 5 rings (SSSR count). The maximum atomic E-state index is 14.7. The molecule has 1 aliphatic heterocycles. The summed E-state index contributed by atoms with van der Waals surface area (Å²) in [5.41, 5.74) is -0.501. The molecule has 1 saturated heterocycles. The molecular weight excluding hydrogens is 620 g/mol. The molecule has 49 heavy (non-hydrogen) atoms. The van der Waals surface area contributed by atoms with E-state index in [2.05, 4.69) is 15.3 Å². The van der Waals surface area contributed by atoms with E-state index in [4.69, 9.17) is 0 Å². The van der Waals surface area contributed by atoms with Gasteiger partial charge in [0.1, 0.15) is 17.8 Å². The van der Waals surface area contributed by atoms with Crippen molar-refractivity contribution in [3.05, 3.63) is 24.3 Å². The molecule has 2 heterocycles. The Bertz CT molecular complexity index is 1390. The number of carbonyl (C=O) groups is 5. The van der Waals surface area contributed by atoms with Crippen LogP contribution in [0.25, 0.3) is 0 Å². The minimum Gasteiger partial charge on any atom is -0.385 e. The number of hydrogen-bond donors (Lipinski definition) is 2. The van der Waals surface area contributed by atoms with Gasteiger partial charge in [-0.15, -0.1) is 0 Å². The molecule has 4 fully saturated rings. The van der Waals surface area contributed by atoms with Gasteiger partial charge in [-0.25, -0.2) is 4.98 Å². The molecule has 2 amide bonds. The zero-order valence-corrected chi connectivity index (χ0v) is 30.0. The van der Waals surface area contributed by atoms with Crippen molar-refractivity contribution < 1.29 is 30.4 Å². The van der Waals surface area contributed by atoms with Crippen molar-refractivity contribution >= 4 is 29.2 Å². The van der Waals surface area contributed by atoms with Crippen LogP contribution in [0.2, 0.25) is 0 Å². The van der Waals surface area contributed by atoms with E-state index in [0.29, 0.717) is 13.0 Å². The Kier molecular flexibility index (Phi) is 11.9. The van der Waals surface area contributed by atoms with Crippen LogP contribution >= 0.6 is 0 Å². The molecule has 1 aromatic rings. The standard InChI is InChI=1S/C39H58N4O6/c1-5-10-26(35(47)33(46)19-24-15-16-24)20-32(45)34-28-14-9-13-27(28)23-43(34)38(49)36(39(2,3)4)42-37(48)29(25-11-7-6-8-12-25)21-31(44)30-22-40-17-18-41-30/h17-18,22,24-29,34-36,47H,5-16,19-21,23H2,1-4H3,(H,42,48)/t26-,27+,28+,29+,34+,35+,36-/m1/s1/i26D. The minimum atomic E-state index is -1.66. The van der Waals surface area contributed by atoms with Gasteiger partial charge in [-0.2, -0.15) is 0 Å². The Hall–Kier alpha value is -3.01. The second-order valence-electron chi connectivity index (χ2n) is 16.4. The number of rotatable bonds is 16. The van der Waals surface area contributed by atoms with Gasteiger partial charge in [0.05, 0.1) is 12.2 Å². The molecule has 270 valence electrons. The lowest BCUT2D eigenvalue weighted by atomic mass is 9.76. The Morgan fingerprint density at radius 3 is 2.37 bits per heavy atom. The predicted octanol–water partition coefficient (Wildman–Crippen LogP) is 5.51. The Morgan fingerprint density at radius 1 is 1.00 bits per heavy atom. The second-order valence-corrected chi connectivity index (χ2v) is 16.4. The van der Waals surface area contributed by atoms with E-state index in [0.717, 1.165) is 64.2 Å². The number of carbonyl (C=O) groups excluding carboxylic acids is 5. The zero-order chi connectivity index (χ0) is 36.2. The molecular formula is C39H58N4O6. The first-order chi connectivity index (χ1) is 23.7. The number of aliphatic hydroxyl groups excluding tert-OH is 1. The Morgan fingerprint density at radius 2 is 1.73 bits per heavy atom. The van der Waals surface area contributed by atoms with Gasteiger partial charge in [0, 0.05) is 45.5 Å². The Labute approximate surface area is 293 Å². The van der Waals surface area contributed by atoms with Gasteiger partial charge in [-0.05, 0) is 79.9 Å². The van der Waals surface area contributed by atoms with Crippen LogP contribution in [0.4, 0.5) is 0 Å². The molecule has 3 aliphatic carbocycles. The normalized spacial score (nSPS) is 26.2. The summed E-state index contributed by atoms with van der Waals surface area (Å²) >= 11 is 0. The molecule has 0 unspecified atom stereocenters. The summed E-state index contributed by atoms with van der Waals surface area (Å²) in [4.78, 5) is 79.4. The van der Waals surface area contributed by atoms with E-state index in [9.17, 15) is 30.4 Å². The van der Waals surface area contributed by atoms with Crippen LogP contribution in [0.5, 0.6) is 0 Å². The highest BCUT2D eigenvalue weighted by Crippen LogP contribution is 2.44. The van der Waals surface area contributed by atoms with Crippen molar-refractivity contribution in [1.82, 2.24) is 20.2 Å². The molecule has 10 nitrogen and oxygen atoms in total. The number of ketones is 3. The van der Waals surface area contributed by atoms with Crippen LogP contribution in [-0.4, -0.2) is 73.9 Å². The molecule has 7 atom stereocenters. The summed E-state index contributed by atoms with van der Waals surface area (Å²) in [7, 11) is 0. The summed E-state index contributed by atoms with van der Waals surface area (Å²) in [5, 5.41) is 14.2. The maximum absolute atomic E-state index is 14.7. The SMILES string of the molecule is [2H][C@@](CCC)(CC(=O)[C@@H]1[C@H]2CCC[C@H]2CN1C(=O)[C@@H](NC(=O)[C@@H](CC(=O)c1cnccn1)C1CCCCC1)C(C)(C)C)[C@H](O)C(=O)CC1CC1. The van der Waals surface area contributed by atoms with Crippen molar-refractivity contribution in [3.63, 3.8) is 0 Å². The van der Waals surface area contributed by atoms with Crippen LogP contribution in [0.15, 0.2) is 18.6 Å². The first kappa shape index (κ1) is 35.8. The van der Waals surface area contributed by atoms with E-state index in [1.165, 1.54) is 18.6 Å². The van der Waals surface area contributed by atoms with Crippen LogP contribution < -0.4 is 5.32 Å². The molecule has 0 aromatic carbocycles. The van der Waals surface area contributed by atoms with Crippen LogP contribution in [-0.2, 0) is 19.2 Å². The quantitative estimate of drug-likeness (QED) is 0.218. The number of aliphatic hydroxyl groups is 1. The summed E-state index contributed by atoms with van der Waals surface area (Å²) in [6.07, 6.45) is 12.7. The summed E-state index contributed by atoms with van der Waals surface area (Å²) < 4.78 is 9.23. The number of aromatic nitrogens is 2. The smallest absolute Gasteiger partial charge is 0.246 e. The van der Waals surface area contributed by atoms with Gasteiger partial charge in [-0.1, -0.05) is 59.8 Å². The number of fused-ring (bicyclic) bond motifs is 1. The predicted molar refractivity (Wildman–Crippen MR) is 185 cm³/mol. The molecule has 4 aliphatic rings. The minimum absolute atomic E-state index is 0.00152. The van der Waals surface area contributed by atoms with E-state index in [1.54, 1.807) is 4.90 Å². The molecule has 2 N–H and O–H groups in total. The summed E-state index contributed by atoms with van der Waals surface area (Å²) in [6, 6.07) is -1.74. The third kappa shape index (κ3) is 9.21. The molecule has 10 heteroatoms. The van der Waals surface area contributed by atoms with Gasteiger partial charge >= 0.3 is 0 Å². The fourth-order valence-electron chi connectivity index (χ4n) is 8.68. The molecule has 0 radical (unpaired) electrons. The zero-order valence-electron chi connectivity index (χ0n) is 31.0. The van der Waals surface area contributed by atoms with Crippen molar-refractivity contribution in [3.8, 4) is 0 Å². The van der Waals surface area contributed by atoms with E-state index < -0.39 is 35.4 Å².